The number of anilines is 1. The molecule has 3 atom stereocenters. The molecule has 0 radical (unpaired) electrons. The monoisotopic (exact) mass is 1240 g/mol. The first kappa shape index (κ1) is 81.2. The fourth-order valence-electron chi connectivity index (χ4n) is 10.8. The van der Waals surface area contributed by atoms with Crippen molar-refractivity contribution >= 4 is 5.69 Å². The number of aromatic nitrogens is 2. The minimum absolute atomic E-state index is 0.0198. The van der Waals surface area contributed by atoms with Gasteiger partial charge in [-0.3, -0.25) is 4.68 Å². The summed E-state index contributed by atoms with van der Waals surface area (Å²) in [6.07, 6.45) is 6.47. The fourth-order valence-corrected chi connectivity index (χ4v) is 10.8. The predicted octanol–water partition coefficient (Wildman–Crippen LogP) is 21.6. The van der Waals surface area contributed by atoms with E-state index in [4.69, 9.17) is 0 Å². The lowest BCUT2D eigenvalue weighted by atomic mass is 9.90. The van der Waals surface area contributed by atoms with Gasteiger partial charge in [0.25, 0.3) is 0 Å². The molecule has 6 aromatic carbocycles. The summed E-state index contributed by atoms with van der Waals surface area (Å²) < 4.78 is 1.83. The van der Waals surface area contributed by atoms with Crippen molar-refractivity contribution < 1.29 is 0 Å². The van der Waals surface area contributed by atoms with E-state index in [0.29, 0.717) is 18.1 Å². The largest absolute Gasteiger partial charge is 0.380 e. The molecule has 91 heavy (non-hydrogen) atoms. The number of nitrogens with one attached hydrogen (secondary N) is 6. The van der Waals surface area contributed by atoms with E-state index in [-0.39, 0.29) is 44.3 Å². The zero-order valence-corrected chi connectivity index (χ0v) is 63.6. The van der Waals surface area contributed by atoms with Crippen LogP contribution in [0.4, 0.5) is 5.69 Å². The zero-order chi connectivity index (χ0) is 69.6. The molecule has 1 fully saturated rings. The first-order valence-electron chi connectivity index (χ1n) is 33.8. The molecule has 1 saturated carbocycles. The van der Waals surface area contributed by atoms with Crippen LogP contribution in [-0.4, -0.2) is 43.0 Å². The summed E-state index contributed by atoms with van der Waals surface area (Å²) in [5.74, 6) is 0. The number of hydrogen-bond donors (Lipinski definition) is 6. The van der Waals surface area contributed by atoms with Crippen LogP contribution < -0.4 is 31.9 Å². The van der Waals surface area contributed by atoms with Gasteiger partial charge in [-0.05, 0) is 258 Å². The van der Waals surface area contributed by atoms with E-state index < -0.39 is 0 Å². The molecule has 1 unspecified atom stereocenters. The first-order chi connectivity index (χ1) is 41.7. The number of rotatable bonds is 12. The van der Waals surface area contributed by atoms with E-state index in [1.807, 2.05) is 38.0 Å². The second kappa shape index (κ2) is 35.4. The van der Waals surface area contributed by atoms with Crippen LogP contribution in [-0.2, 0) is 18.1 Å². The van der Waals surface area contributed by atoms with E-state index in [0.717, 1.165) is 5.56 Å². The molecular formula is C83H132N8. The third-order valence-electron chi connectivity index (χ3n) is 14.5. The van der Waals surface area contributed by atoms with Crippen LogP contribution in [0.3, 0.4) is 0 Å². The molecule has 504 valence electrons. The summed E-state index contributed by atoms with van der Waals surface area (Å²) in [7, 11) is 1.94. The molecule has 7 aromatic rings. The molecule has 8 nitrogen and oxygen atoms in total. The van der Waals surface area contributed by atoms with Gasteiger partial charge in [0.05, 0.1) is 6.20 Å². The quantitative estimate of drug-likeness (QED) is 0.0726. The maximum Gasteiger partial charge on any atom is 0.0568 e. The topological polar surface area (TPSA) is 90.0 Å². The van der Waals surface area contributed by atoms with Gasteiger partial charge in [0.15, 0.2) is 0 Å². The van der Waals surface area contributed by atoms with Crippen LogP contribution in [0.2, 0.25) is 0 Å². The maximum atomic E-state index is 4.20. The Morgan fingerprint density at radius 2 is 0.769 bits per heavy atom. The number of aryl methyl sites for hydroxylation is 6. The maximum absolute atomic E-state index is 4.20. The van der Waals surface area contributed by atoms with E-state index in [9.17, 15) is 0 Å². The summed E-state index contributed by atoms with van der Waals surface area (Å²) in [6.45, 7) is 65.2. The molecule has 6 N–H and O–H groups in total. The lowest BCUT2D eigenvalue weighted by molar-refractivity contribution is 0.286. The predicted molar refractivity (Wildman–Crippen MR) is 403 cm³/mol. The molecule has 0 amide bonds. The molecule has 1 aliphatic rings. The Labute approximate surface area is 559 Å². The molecule has 8 rings (SSSR count). The number of nitrogens with zero attached hydrogens (tertiary/aromatic N) is 2. The summed E-state index contributed by atoms with van der Waals surface area (Å²) in [5, 5.41) is 25.7. The molecule has 0 aliphatic heterocycles. The van der Waals surface area contributed by atoms with Crippen LogP contribution in [0.25, 0.3) is 11.1 Å². The Kier molecular flexibility index (Phi) is 31.6. The molecule has 1 aromatic heterocycles. The lowest BCUT2D eigenvalue weighted by Crippen LogP contribution is -2.48. The minimum atomic E-state index is 0.0198. The third kappa shape index (κ3) is 34.6. The molecule has 8 heteroatoms. The molecule has 0 saturated heterocycles. The molecular weight excluding hydrogens is 1110 g/mol. The van der Waals surface area contributed by atoms with Gasteiger partial charge in [0.2, 0.25) is 0 Å². The summed E-state index contributed by atoms with van der Waals surface area (Å²) in [5.41, 5.74) is 18.2. The Balaban J connectivity index is 0.000000372. The minimum Gasteiger partial charge on any atom is -0.380 e. The SMILES string of the molecule is CC.CC(NC(C)(C)C)c1ccc(-c2cnn(C)c2)cc1.Cc1ccc(C(C)(C)NC(C)(C)C)cc1.Cc1ccc(C2(NC(C)(C)C)CC2)cc1.Cc1ccc([C@@H](C)NC(C)(C)C)cc1.Cc1ccc([C@H](C)NC(C)(C)C)cc1.Cc1cccc(NC(C)(C)C)c1. The van der Waals surface area contributed by atoms with Gasteiger partial charge in [0.1, 0.15) is 0 Å². The van der Waals surface area contributed by atoms with Gasteiger partial charge < -0.3 is 31.9 Å². The van der Waals surface area contributed by atoms with Crippen molar-refractivity contribution in [3.8, 4) is 11.1 Å². The van der Waals surface area contributed by atoms with Crippen molar-refractivity contribution in [2.75, 3.05) is 5.32 Å². The molecule has 0 spiro atoms. The highest BCUT2D eigenvalue weighted by Gasteiger charge is 2.46. The Bertz CT molecular complexity index is 2980. The highest BCUT2D eigenvalue weighted by Crippen LogP contribution is 2.47. The van der Waals surface area contributed by atoms with Crippen molar-refractivity contribution in [2.45, 2.75) is 283 Å². The Hall–Kier alpha value is -5.87. The highest BCUT2D eigenvalue weighted by atomic mass is 15.2. The van der Waals surface area contributed by atoms with Crippen molar-refractivity contribution in [2.24, 2.45) is 7.05 Å². The molecule has 0 bridgehead atoms. The fraction of sp³-hybridized carbons (Fsp3) is 0.530. The van der Waals surface area contributed by atoms with Crippen LogP contribution in [0.15, 0.2) is 158 Å². The normalized spacial score (nSPS) is 14.0. The summed E-state index contributed by atoms with van der Waals surface area (Å²) >= 11 is 0. The Morgan fingerprint density at radius 1 is 0.407 bits per heavy atom. The van der Waals surface area contributed by atoms with Crippen LogP contribution in [0.5, 0.6) is 0 Å². The molecule has 1 aliphatic carbocycles. The average Bonchev–Trinajstić information content (AvgIpc) is 1.62. The lowest BCUT2D eigenvalue weighted by Gasteiger charge is -2.35. The van der Waals surface area contributed by atoms with Gasteiger partial charge in [-0.15, -0.1) is 0 Å². The Morgan fingerprint density at radius 3 is 1.08 bits per heavy atom. The van der Waals surface area contributed by atoms with Crippen molar-refractivity contribution in [3.05, 3.63) is 214 Å². The van der Waals surface area contributed by atoms with Gasteiger partial charge in [-0.2, -0.15) is 5.10 Å². The smallest absolute Gasteiger partial charge is 0.0568 e. The third-order valence-corrected chi connectivity index (χ3v) is 14.5. The van der Waals surface area contributed by atoms with E-state index in [1.165, 1.54) is 79.7 Å². The number of hydrogen-bond acceptors (Lipinski definition) is 7. The molecule has 1 heterocycles. The van der Waals surface area contributed by atoms with Crippen molar-refractivity contribution in [3.63, 3.8) is 0 Å². The van der Waals surface area contributed by atoms with Crippen LogP contribution in [0.1, 0.15) is 260 Å². The zero-order valence-electron chi connectivity index (χ0n) is 63.6. The van der Waals surface area contributed by atoms with Gasteiger partial charge >= 0.3 is 0 Å². The van der Waals surface area contributed by atoms with Crippen LogP contribution >= 0.6 is 0 Å². The van der Waals surface area contributed by atoms with E-state index >= 15 is 0 Å². The van der Waals surface area contributed by atoms with E-state index in [1.54, 1.807) is 0 Å². The first-order valence-corrected chi connectivity index (χ1v) is 33.8. The highest BCUT2D eigenvalue weighted by molar-refractivity contribution is 5.62. The van der Waals surface area contributed by atoms with Gasteiger partial charge in [-0.25, -0.2) is 0 Å². The number of benzene rings is 6. The van der Waals surface area contributed by atoms with Gasteiger partial charge in [0, 0.05) is 86.9 Å². The second-order valence-electron chi connectivity index (χ2n) is 32.1. The summed E-state index contributed by atoms with van der Waals surface area (Å²) in [4.78, 5) is 0. The van der Waals surface area contributed by atoms with Crippen molar-refractivity contribution in [1.29, 1.82) is 0 Å². The average molecular weight is 1240 g/mol. The second-order valence-corrected chi connectivity index (χ2v) is 32.1. The van der Waals surface area contributed by atoms with E-state index in [2.05, 4.69) is 376 Å². The van der Waals surface area contributed by atoms with Gasteiger partial charge in [-0.1, -0.05) is 170 Å². The van der Waals surface area contributed by atoms with Crippen molar-refractivity contribution in [1.82, 2.24) is 36.4 Å². The standard InChI is InChI=1S/C16H23N3.C14H21N.C14H23N.2C13H21N.C11H17N.C2H6/c1-12(18-16(2,3)4)13-6-8-14(9-7-13)15-10-17-19(5)11-15;1-11-5-7-12(8-6-11)14(9-10-14)15-13(2,3)4;1-11-7-9-12(10-8-11)14(5,6)15-13(2,3)4;2*1-10-6-8-12(9-7-10)11(2)14-13(3,4)5;1-9-6-5-7-10(8-9)12-11(2,3)4;1-2/h6-12,18H,1-5H3;5-8,15H,9-10H2,1-4H3;7-10,15H,1-6H3;2*6-9,11,14H,1-5H3;5-8,12H,1-4H3;1-2H3/t;;;2*11-;;/m...10../s1. The van der Waals surface area contributed by atoms with Crippen LogP contribution in [0, 0.1) is 34.6 Å². The summed E-state index contributed by atoms with van der Waals surface area (Å²) in [6, 6.07) is 53.4.